The average Bonchev–Trinajstić information content (AvgIpc) is 3.15. The normalized spacial score (nSPS) is 25.1. The molecule has 0 aromatic carbocycles. The molecule has 1 atom stereocenters. The summed E-state index contributed by atoms with van der Waals surface area (Å²) in [6, 6.07) is -0.365. The van der Waals surface area contributed by atoms with E-state index in [4.69, 9.17) is 4.52 Å². The predicted octanol–water partition coefficient (Wildman–Crippen LogP) is 1.34. The molecule has 0 unspecified atom stereocenters. The van der Waals surface area contributed by atoms with E-state index in [2.05, 4.69) is 22.4 Å². The molecule has 7 nitrogen and oxygen atoms in total. The maximum absolute atomic E-state index is 12.5. The van der Waals surface area contributed by atoms with E-state index in [9.17, 15) is 9.59 Å². The van der Waals surface area contributed by atoms with E-state index in [0.717, 1.165) is 25.0 Å². The number of rotatable bonds is 5. The molecular formula is C13H18N4O3S. The first kappa shape index (κ1) is 14.4. The molecule has 3 heterocycles. The number of imide groups is 1. The lowest BCUT2D eigenvalue weighted by molar-refractivity contribution is -0.131. The van der Waals surface area contributed by atoms with Gasteiger partial charge in [0.05, 0.1) is 0 Å². The van der Waals surface area contributed by atoms with Crippen LogP contribution in [0.1, 0.15) is 37.9 Å². The van der Waals surface area contributed by atoms with Gasteiger partial charge in [0.15, 0.2) is 5.82 Å². The molecule has 114 valence electrons. The summed E-state index contributed by atoms with van der Waals surface area (Å²) in [4.78, 5) is 29.9. The molecule has 0 aliphatic carbocycles. The Morgan fingerprint density at radius 2 is 2.33 bits per heavy atom. The highest BCUT2D eigenvalue weighted by Crippen LogP contribution is 2.33. The van der Waals surface area contributed by atoms with Crippen LogP contribution in [0.4, 0.5) is 4.79 Å². The highest BCUT2D eigenvalue weighted by molar-refractivity contribution is 7.99. The number of carbonyl (C=O) groups excluding carboxylic acids is 2. The number of amides is 3. The molecule has 3 amide bonds. The number of aromatic nitrogens is 2. The summed E-state index contributed by atoms with van der Waals surface area (Å²) in [5, 5.41) is 6.69. The molecule has 1 aromatic rings. The van der Waals surface area contributed by atoms with Crippen LogP contribution < -0.4 is 5.32 Å². The van der Waals surface area contributed by atoms with Gasteiger partial charge in [-0.25, -0.2) is 4.79 Å². The monoisotopic (exact) mass is 310 g/mol. The molecular weight excluding hydrogens is 292 g/mol. The zero-order valence-electron chi connectivity index (χ0n) is 11.9. The van der Waals surface area contributed by atoms with Gasteiger partial charge in [0, 0.05) is 12.2 Å². The Kier molecular flexibility index (Phi) is 3.88. The minimum atomic E-state index is -0.715. The Morgan fingerprint density at radius 3 is 3.05 bits per heavy atom. The van der Waals surface area contributed by atoms with Crippen LogP contribution in [0.3, 0.4) is 0 Å². The number of carbonyl (C=O) groups is 2. The second-order valence-electron chi connectivity index (χ2n) is 5.41. The molecule has 2 fully saturated rings. The molecule has 21 heavy (non-hydrogen) atoms. The number of aryl methyl sites for hydroxylation is 1. The highest BCUT2D eigenvalue weighted by atomic mass is 32.2. The minimum absolute atomic E-state index is 0.0518. The average molecular weight is 310 g/mol. The zero-order valence-corrected chi connectivity index (χ0v) is 12.7. The maximum atomic E-state index is 12.5. The first-order chi connectivity index (χ1) is 10.1. The van der Waals surface area contributed by atoms with Gasteiger partial charge in [-0.15, -0.1) is 0 Å². The summed E-state index contributed by atoms with van der Waals surface area (Å²) in [5.41, 5.74) is -0.715. The molecule has 8 heteroatoms. The van der Waals surface area contributed by atoms with Crippen molar-refractivity contribution in [3.05, 3.63) is 11.7 Å². The molecule has 3 rings (SSSR count). The quantitative estimate of drug-likeness (QED) is 0.826. The summed E-state index contributed by atoms with van der Waals surface area (Å²) in [6.45, 7) is 2.14. The van der Waals surface area contributed by atoms with Crippen LogP contribution in [0.2, 0.25) is 0 Å². The number of nitrogens with one attached hydrogen (secondary N) is 1. The lowest BCUT2D eigenvalue weighted by Crippen LogP contribution is -2.46. The van der Waals surface area contributed by atoms with Gasteiger partial charge < -0.3 is 9.84 Å². The molecule has 0 bridgehead atoms. The highest BCUT2D eigenvalue weighted by Gasteiger charge is 2.53. The van der Waals surface area contributed by atoms with Crippen molar-refractivity contribution in [2.75, 3.05) is 11.5 Å². The Balaban J connectivity index is 1.68. The second kappa shape index (κ2) is 5.67. The van der Waals surface area contributed by atoms with Crippen LogP contribution in [-0.2, 0) is 17.8 Å². The molecule has 2 aliphatic rings. The maximum Gasteiger partial charge on any atom is 0.325 e. The summed E-state index contributed by atoms with van der Waals surface area (Å²) in [5.74, 6) is 2.30. The van der Waals surface area contributed by atoms with Gasteiger partial charge in [0.1, 0.15) is 12.1 Å². The smallest absolute Gasteiger partial charge is 0.325 e. The van der Waals surface area contributed by atoms with Gasteiger partial charge in [-0.3, -0.25) is 9.69 Å². The number of urea groups is 1. The molecule has 2 saturated heterocycles. The topological polar surface area (TPSA) is 88.3 Å². The number of unbranched alkanes of at least 4 members (excludes halogenated alkanes) is 1. The Labute approximate surface area is 126 Å². The van der Waals surface area contributed by atoms with Gasteiger partial charge in [0.2, 0.25) is 5.89 Å². The first-order valence-corrected chi connectivity index (χ1v) is 8.33. The number of hydrogen-bond donors (Lipinski definition) is 1. The molecule has 2 aliphatic heterocycles. The Morgan fingerprint density at radius 1 is 1.48 bits per heavy atom. The third-order valence-corrected chi connectivity index (χ3v) is 5.01. The van der Waals surface area contributed by atoms with Crippen molar-refractivity contribution >= 4 is 23.7 Å². The lowest BCUT2D eigenvalue weighted by atomic mass is 9.99. The summed E-state index contributed by atoms with van der Waals surface area (Å²) in [7, 11) is 0. The Bertz CT molecular complexity index is 553. The van der Waals surface area contributed by atoms with Crippen molar-refractivity contribution < 1.29 is 14.1 Å². The van der Waals surface area contributed by atoms with Gasteiger partial charge >= 0.3 is 6.03 Å². The van der Waals surface area contributed by atoms with Crippen molar-refractivity contribution in [2.24, 2.45) is 0 Å². The first-order valence-electron chi connectivity index (χ1n) is 7.18. The molecule has 0 saturated carbocycles. The fraction of sp³-hybridized carbons (Fsp3) is 0.692. The van der Waals surface area contributed by atoms with Gasteiger partial charge in [-0.1, -0.05) is 18.5 Å². The Hall–Kier alpha value is -1.57. The lowest BCUT2D eigenvalue weighted by Gasteiger charge is -2.18. The van der Waals surface area contributed by atoms with Crippen LogP contribution in [0.15, 0.2) is 4.52 Å². The van der Waals surface area contributed by atoms with Crippen LogP contribution in [0.25, 0.3) is 0 Å². The summed E-state index contributed by atoms with van der Waals surface area (Å²) < 4.78 is 5.13. The number of nitrogens with zero attached hydrogens (tertiary/aromatic N) is 3. The molecule has 0 radical (unpaired) electrons. The van der Waals surface area contributed by atoms with E-state index in [0.29, 0.717) is 23.9 Å². The predicted molar refractivity (Wildman–Crippen MR) is 76.7 cm³/mol. The van der Waals surface area contributed by atoms with Gasteiger partial charge in [-0.2, -0.15) is 16.7 Å². The van der Waals surface area contributed by atoms with Crippen molar-refractivity contribution in [3.8, 4) is 0 Å². The fourth-order valence-electron chi connectivity index (χ4n) is 2.58. The standard InChI is InChI=1S/C13H18N4O3S/c1-2-3-4-9-14-10(20-16-9)7-17-11(18)13(15-12(17)19)5-6-21-8-13/h2-8H2,1H3,(H,15,19)/t13-/m1/s1. The van der Waals surface area contributed by atoms with Gasteiger partial charge in [-0.05, 0) is 18.6 Å². The van der Waals surface area contributed by atoms with E-state index in [1.165, 1.54) is 4.90 Å². The van der Waals surface area contributed by atoms with Crippen molar-refractivity contribution in [2.45, 2.75) is 44.7 Å². The third kappa shape index (κ3) is 2.64. The van der Waals surface area contributed by atoms with Crippen LogP contribution >= 0.6 is 11.8 Å². The fourth-order valence-corrected chi connectivity index (χ4v) is 3.90. The molecule has 1 N–H and O–H groups in total. The van der Waals surface area contributed by atoms with E-state index < -0.39 is 5.54 Å². The largest absolute Gasteiger partial charge is 0.337 e. The zero-order chi connectivity index (χ0) is 14.9. The number of hydrogen-bond acceptors (Lipinski definition) is 6. The van der Waals surface area contributed by atoms with Gasteiger partial charge in [0.25, 0.3) is 5.91 Å². The van der Waals surface area contributed by atoms with E-state index in [1.807, 2.05) is 0 Å². The number of thioether (sulfide) groups is 1. The minimum Gasteiger partial charge on any atom is -0.337 e. The summed E-state index contributed by atoms with van der Waals surface area (Å²) >= 11 is 1.68. The molecule has 1 spiro atoms. The van der Waals surface area contributed by atoms with Crippen molar-refractivity contribution in [1.29, 1.82) is 0 Å². The third-order valence-electron chi connectivity index (χ3n) is 3.82. The van der Waals surface area contributed by atoms with Crippen molar-refractivity contribution in [3.63, 3.8) is 0 Å². The summed E-state index contributed by atoms with van der Waals surface area (Å²) in [6.07, 6.45) is 3.48. The SMILES string of the molecule is CCCCc1noc(CN2C(=O)N[C@@]3(CCSC3)C2=O)n1. The van der Waals surface area contributed by atoms with Crippen molar-refractivity contribution in [1.82, 2.24) is 20.4 Å². The van der Waals surface area contributed by atoms with E-state index in [-0.39, 0.29) is 18.5 Å². The molecule has 1 aromatic heterocycles. The van der Waals surface area contributed by atoms with Crippen LogP contribution in [-0.4, -0.2) is 44.0 Å². The van der Waals surface area contributed by atoms with Crippen LogP contribution in [0, 0.1) is 0 Å². The van der Waals surface area contributed by atoms with E-state index in [1.54, 1.807) is 11.8 Å². The van der Waals surface area contributed by atoms with E-state index >= 15 is 0 Å². The van der Waals surface area contributed by atoms with Crippen LogP contribution in [0.5, 0.6) is 0 Å². The second-order valence-corrected chi connectivity index (χ2v) is 6.52.